The Hall–Kier alpha value is -2.69. The zero-order valence-corrected chi connectivity index (χ0v) is 24.1. The fraction of sp³-hybridized carbons (Fsp3) is 0.531. The molecule has 0 spiro atoms. The SMILES string of the molecule is C[C@]12C=CC(=O)C=C1CCC1[C@@H]2[C@@H](O)C[C@@]2(C)[C@H]1C[C@H]1O[C@H](c3cnc(Cc4cccc(N)c4)s3)O[C@]12C(=O)CO. The van der Waals surface area contributed by atoms with Gasteiger partial charge < -0.3 is 25.4 Å². The molecule has 9 heteroatoms. The number of benzene rings is 1. The number of nitrogens with zero attached hydrogens (tertiary/aromatic N) is 1. The average molecular weight is 577 g/mol. The molecule has 4 aliphatic carbocycles. The summed E-state index contributed by atoms with van der Waals surface area (Å²) in [6.45, 7) is 3.52. The van der Waals surface area contributed by atoms with E-state index in [1.807, 2.05) is 37.3 Å². The molecule has 1 aromatic carbocycles. The molecule has 4 fully saturated rings. The van der Waals surface area contributed by atoms with Crippen LogP contribution in [0.25, 0.3) is 0 Å². The van der Waals surface area contributed by atoms with Crippen molar-refractivity contribution in [3.63, 3.8) is 0 Å². The second kappa shape index (κ2) is 9.41. The van der Waals surface area contributed by atoms with Gasteiger partial charge in [0, 0.05) is 35.1 Å². The summed E-state index contributed by atoms with van der Waals surface area (Å²) in [5.41, 5.74) is 6.28. The number of ketones is 2. The summed E-state index contributed by atoms with van der Waals surface area (Å²) in [5, 5.41) is 22.9. The Morgan fingerprint density at radius 1 is 1.29 bits per heavy atom. The lowest BCUT2D eigenvalue weighted by molar-refractivity contribution is -0.200. The summed E-state index contributed by atoms with van der Waals surface area (Å²) in [5.74, 6) is -0.284. The van der Waals surface area contributed by atoms with E-state index < -0.39 is 47.3 Å². The number of hydrogen-bond acceptors (Lipinski definition) is 9. The molecule has 7 rings (SSSR count). The van der Waals surface area contributed by atoms with E-state index in [1.165, 1.54) is 11.3 Å². The van der Waals surface area contributed by atoms with Crippen LogP contribution in [0, 0.1) is 28.6 Å². The Bertz CT molecular complexity index is 1480. The van der Waals surface area contributed by atoms with Gasteiger partial charge in [0.05, 0.1) is 22.1 Å². The van der Waals surface area contributed by atoms with Crippen LogP contribution in [0.4, 0.5) is 5.69 Å². The Kier molecular flexibility index (Phi) is 6.23. The molecule has 2 heterocycles. The van der Waals surface area contributed by atoms with Gasteiger partial charge in [0.25, 0.3) is 0 Å². The minimum absolute atomic E-state index is 0.000853. The molecule has 9 atom stereocenters. The number of hydrogen-bond donors (Lipinski definition) is 3. The normalized spacial score (nSPS) is 40.9. The number of rotatable bonds is 5. The number of nitrogen functional groups attached to an aromatic ring is 1. The molecular formula is C32H36N2O6S. The summed E-state index contributed by atoms with van der Waals surface area (Å²) in [4.78, 5) is 31.2. The number of anilines is 1. The van der Waals surface area contributed by atoms with Crippen LogP contribution in [0.15, 0.2) is 54.3 Å². The Morgan fingerprint density at radius 3 is 2.90 bits per heavy atom. The highest BCUT2D eigenvalue weighted by Gasteiger charge is 2.76. The number of allylic oxidation sites excluding steroid dienone is 4. The lowest BCUT2D eigenvalue weighted by atomic mass is 9.46. The van der Waals surface area contributed by atoms with Crippen LogP contribution in [0.2, 0.25) is 0 Å². The van der Waals surface area contributed by atoms with Crippen molar-refractivity contribution in [2.75, 3.05) is 12.3 Å². The van der Waals surface area contributed by atoms with Gasteiger partial charge in [0.1, 0.15) is 6.61 Å². The van der Waals surface area contributed by atoms with Crippen molar-refractivity contribution in [2.24, 2.45) is 28.6 Å². The van der Waals surface area contributed by atoms with Crippen molar-refractivity contribution in [2.45, 2.75) is 70.1 Å². The van der Waals surface area contributed by atoms with Crippen LogP contribution >= 0.6 is 11.3 Å². The van der Waals surface area contributed by atoms with Gasteiger partial charge in [0.15, 0.2) is 23.5 Å². The molecule has 0 amide bonds. The van der Waals surface area contributed by atoms with Crippen molar-refractivity contribution in [1.82, 2.24) is 4.98 Å². The molecule has 3 saturated carbocycles. The smallest absolute Gasteiger partial charge is 0.196 e. The number of carbonyl (C=O) groups is 2. The molecule has 5 aliphatic rings. The first-order valence-electron chi connectivity index (χ1n) is 14.5. The van der Waals surface area contributed by atoms with Gasteiger partial charge in [-0.2, -0.15) is 0 Å². The summed E-state index contributed by atoms with van der Waals surface area (Å²) in [6, 6.07) is 7.70. The molecule has 1 aliphatic heterocycles. The number of carbonyl (C=O) groups excluding carboxylic acids is 2. The van der Waals surface area contributed by atoms with E-state index in [0.29, 0.717) is 24.9 Å². The van der Waals surface area contributed by atoms with Crippen LogP contribution in [0.5, 0.6) is 0 Å². The molecule has 4 N–H and O–H groups in total. The first-order chi connectivity index (χ1) is 19.6. The molecule has 1 saturated heterocycles. The monoisotopic (exact) mass is 576 g/mol. The minimum atomic E-state index is -1.36. The third kappa shape index (κ3) is 3.82. The number of aliphatic hydroxyl groups excluding tert-OH is 2. The lowest BCUT2D eigenvalue weighted by Gasteiger charge is -2.59. The topological polar surface area (TPSA) is 132 Å². The molecular weight excluding hydrogens is 540 g/mol. The van der Waals surface area contributed by atoms with E-state index in [4.69, 9.17) is 15.2 Å². The number of aromatic nitrogens is 1. The zero-order chi connectivity index (χ0) is 28.7. The van der Waals surface area contributed by atoms with Crippen molar-refractivity contribution in [3.8, 4) is 0 Å². The van der Waals surface area contributed by atoms with Gasteiger partial charge in [-0.25, -0.2) is 4.98 Å². The van der Waals surface area contributed by atoms with Crippen molar-refractivity contribution in [1.29, 1.82) is 0 Å². The van der Waals surface area contributed by atoms with E-state index in [2.05, 4.69) is 11.9 Å². The number of fused-ring (bicyclic) bond motifs is 7. The maximum atomic E-state index is 13.7. The van der Waals surface area contributed by atoms with E-state index in [0.717, 1.165) is 33.9 Å². The van der Waals surface area contributed by atoms with E-state index in [9.17, 15) is 19.8 Å². The van der Waals surface area contributed by atoms with Gasteiger partial charge in [0.2, 0.25) is 0 Å². The minimum Gasteiger partial charge on any atom is -0.399 e. The lowest BCUT2D eigenvalue weighted by Crippen LogP contribution is -2.63. The second-order valence-electron chi connectivity index (χ2n) is 12.9. The highest BCUT2D eigenvalue weighted by molar-refractivity contribution is 7.11. The Labute approximate surface area is 243 Å². The standard InChI is InChI=1S/C32H36N2O6S/c1-30-9-8-20(36)12-18(30)6-7-21-22-13-26-32(25(38)16-35,31(22,2)14-23(37)28(21)30)40-29(39-26)24-15-34-27(41-24)11-17-4-3-5-19(33)10-17/h3-5,8-10,12,15,21-23,26,28-29,35,37H,6-7,11,13-14,16,33H2,1-2H3/t21?,22-,23-,26+,28+,29-,30-,31-,32+/m0/s1. The average Bonchev–Trinajstić information content (AvgIpc) is 3.61. The predicted molar refractivity (Wildman–Crippen MR) is 153 cm³/mol. The number of ether oxygens (including phenoxy) is 2. The molecule has 41 heavy (non-hydrogen) atoms. The largest absolute Gasteiger partial charge is 0.399 e. The van der Waals surface area contributed by atoms with E-state index >= 15 is 0 Å². The first kappa shape index (κ1) is 27.2. The quantitative estimate of drug-likeness (QED) is 0.457. The fourth-order valence-corrected chi connectivity index (χ4v) is 10.1. The van der Waals surface area contributed by atoms with E-state index in [1.54, 1.807) is 18.3 Å². The van der Waals surface area contributed by atoms with Crippen molar-refractivity contribution in [3.05, 3.63) is 69.7 Å². The van der Waals surface area contributed by atoms with Crippen molar-refractivity contribution < 1.29 is 29.3 Å². The zero-order valence-electron chi connectivity index (χ0n) is 23.3. The van der Waals surface area contributed by atoms with Crippen molar-refractivity contribution >= 4 is 28.6 Å². The summed E-state index contributed by atoms with van der Waals surface area (Å²) in [6.07, 6.45) is 8.25. The van der Waals surface area contributed by atoms with Gasteiger partial charge in [-0.05, 0) is 67.4 Å². The molecule has 1 aromatic heterocycles. The summed E-state index contributed by atoms with van der Waals surface area (Å²) in [7, 11) is 0. The van der Waals surface area contributed by atoms with Gasteiger partial charge in [-0.3, -0.25) is 9.59 Å². The van der Waals surface area contributed by atoms with Gasteiger partial charge in [-0.1, -0.05) is 37.6 Å². The number of Topliss-reactive ketones (excluding diaryl/α,β-unsaturated/α-hetero) is 1. The molecule has 0 radical (unpaired) electrons. The molecule has 8 nitrogen and oxygen atoms in total. The predicted octanol–water partition coefficient (Wildman–Crippen LogP) is 3.92. The number of aliphatic hydroxyl groups is 2. The van der Waals surface area contributed by atoms with Gasteiger partial charge >= 0.3 is 0 Å². The molecule has 0 bridgehead atoms. The molecule has 1 unspecified atom stereocenters. The highest BCUT2D eigenvalue weighted by atomic mass is 32.1. The Balaban J connectivity index is 1.19. The van der Waals surface area contributed by atoms with Crippen LogP contribution in [-0.2, 0) is 25.5 Å². The second-order valence-corrected chi connectivity index (χ2v) is 14.1. The fourth-order valence-electron chi connectivity index (χ4n) is 9.21. The summed E-state index contributed by atoms with van der Waals surface area (Å²) >= 11 is 1.48. The van der Waals surface area contributed by atoms with Gasteiger partial charge in [-0.15, -0.1) is 11.3 Å². The highest BCUT2D eigenvalue weighted by Crippen LogP contribution is 2.70. The number of thiazole rings is 1. The van der Waals surface area contributed by atoms with Crippen LogP contribution in [0.3, 0.4) is 0 Å². The summed E-state index contributed by atoms with van der Waals surface area (Å²) < 4.78 is 13.2. The van der Waals surface area contributed by atoms with E-state index in [-0.39, 0.29) is 23.5 Å². The number of nitrogens with two attached hydrogens (primary N) is 1. The first-order valence-corrected chi connectivity index (χ1v) is 15.3. The maximum absolute atomic E-state index is 13.7. The van der Waals surface area contributed by atoms with Crippen LogP contribution in [0.1, 0.15) is 61.3 Å². The third-order valence-corrected chi connectivity index (χ3v) is 11.9. The van der Waals surface area contributed by atoms with Crippen LogP contribution < -0.4 is 5.73 Å². The Morgan fingerprint density at radius 2 is 2.12 bits per heavy atom. The molecule has 2 aromatic rings. The third-order valence-electron chi connectivity index (χ3n) is 10.9. The maximum Gasteiger partial charge on any atom is 0.196 e. The van der Waals surface area contributed by atoms with Crippen LogP contribution in [-0.4, -0.2) is 51.2 Å². The molecule has 216 valence electrons.